The van der Waals surface area contributed by atoms with Gasteiger partial charge >= 0.3 is 5.97 Å². The van der Waals surface area contributed by atoms with Crippen molar-refractivity contribution in [1.29, 1.82) is 0 Å². The summed E-state index contributed by atoms with van der Waals surface area (Å²) in [5.41, 5.74) is 2.32. The second-order valence-corrected chi connectivity index (χ2v) is 9.07. The van der Waals surface area contributed by atoms with Crippen LogP contribution in [0.15, 0.2) is 73.1 Å². The molecule has 1 unspecified atom stereocenters. The molecule has 1 atom stereocenters. The summed E-state index contributed by atoms with van der Waals surface area (Å²) in [7, 11) is 0. The molecule has 1 amide bonds. The molecule has 0 aliphatic carbocycles. The number of hydrogen-bond acceptors (Lipinski definition) is 6. The molecule has 0 radical (unpaired) electrons. The second kappa shape index (κ2) is 10.5. The van der Waals surface area contributed by atoms with Crippen LogP contribution in [-0.4, -0.2) is 33.6 Å². The van der Waals surface area contributed by atoms with Gasteiger partial charge in [0.25, 0.3) is 5.91 Å². The van der Waals surface area contributed by atoms with E-state index in [4.69, 9.17) is 32.7 Å². The van der Waals surface area contributed by atoms with E-state index in [1.807, 2.05) is 12.1 Å². The lowest BCUT2D eigenvalue weighted by atomic mass is 9.93. The number of aliphatic carboxylic acids is 1. The van der Waals surface area contributed by atoms with E-state index in [0.29, 0.717) is 57.9 Å². The van der Waals surface area contributed by atoms with Crippen molar-refractivity contribution in [3.63, 3.8) is 0 Å². The molecular formula is C27H19Cl2N3O5. The molecule has 2 N–H and O–H groups in total. The van der Waals surface area contributed by atoms with Crippen molar-refractivity contribution in [3.8, 4) is 28.5 Å². The molecule has 3 aromatic carbocycles. The normalized spacial score (nSPS) is 14.3. The second-order valence-electron chi connectivity index (χ2n) is 8.23. The number of carbonyl (C=O) groups excluding carboxylic acids is 1. The Morgan fingerprint density at radius 2 is 1.78 bits per heavy atom. The van der Waals surface area contributed by atoms with Gasteiger partial charge in [0.2, 0.25) is 0 Å². The fraction of sp³-hybridized carbons (Fsp3) is 0.111. The average molecular weight is 536 g/mol. The van der Waals surface area contributed by atoms with E-state index in [1.54, 1.807) is 54.7 Å². The summed E-state index contributed by atoms with van der Waals surface area (Å²) < 4.78 is 11.5. The number of hydrogen-bond donors (Lipinski definition) is 2. The van der Waals surface area contributed by atoms with Crippen LogP contribution in [0, 0.1) is 0 Å². The number of carbonyl (C=O) groups is 2. The van der Waals surface area contributed by atoms with Gasteiger partial charge in [-0.15, -0.1) is 0 Å². The van der Waals surface area contributed by atoms with Gasteiger partial charge in [-0.05, 0) is 48.9 Å². The Labute approximate surface area is 221 Å². The van der Waals surface area contributed by atoms with Gasteiger partial charge in [0.05, 0.1) is 35.6 Å². The quantitative estimate of drug-likeness (QED) is 0.292. The number of benzene rings is 3. The summed E-state index contributed by atoms with van der Waals surface area (Å²) in [6.45, 7) is 0.293. The first-order valence-corrected chi connectivity index (χ1v) is 12.0. The molecule has 0 fully saturated rings. The van der Waals surface area contributed by atoms with Gasteiger partial charge in [-0.3, -0.25) is 14.6 Å². The van der Waals surface area contributed by atoms with Crippen molar-refractivity contribution in [3.05, 3.63) is 94.2 Å². The molecule has 186 valence electrons. The number of nitrogens with one attached hydrogen (secondary N) is 1. The molecular weight excluding hydrogens is 517 g/mol. The Kier molecular flexibility index (Phi) is 6.94. The van der Waals surface area contributed by atoms with Gasteiger partial charge in [-0.25, -0.2) is 4.98 Å². The highest BCUT2D eigenvalue weighted by atomic mass is 35.5. The average Bonchev–Trinajstić information content (AvgIpc) is 2.89. The van der Waals surface area contributed by atoms with E-state index in [1.165, 1.54) is 6.20 Å². The molecule has 0 saturated carbocycles. The molecule has 0 spiro atoms. The molecule has 0 saturated heterocycles. The Bertz CT molecular complexity index is 1480. The number of amides is 1. The number of carboxylic acid groups (broad SMARTS) is 1. The molecule has 4 aromatic rings. The summed E-state index contributed by atoms with van der Waals surface area (Å²) in [4.78, 5) is 32.9. The van der Waals surface area contributed by atoms with Crippen LogP contribution in [0.4, 0.5) is 5.82 Å². The maximum absolute atomic E-state index is 12.8. The monoisotopic (exact) mass is 535 g/mol. The topological polar surface area (TPSA) is 111 Å². The standard InChI is InChI=1S/C27H19Cl2N3O5/c28-17-5-1-15(2-6-17)22-13-30-14-25(31-22)32-26(33)16-3-7-18(8-4-16)37-24-12-23-20(11-21(24)29)19(27(34)35)9-10-36-23/h1-8,11-14,19H,9-10H2,(H,34,35)(H,31,32,33). The van der Waals surface area contributed by atoms with Crippen molar-refractivity contribution in [2.75, 3.05) is 11.9 Å². The van der Waals surface area contributed by atoms with E-state index in [0.717, 1.165) is 5.56 Å². The Morgan fingerprint density at radius 1 is 1.03 bits per heavy atom. The van der Waals surface area contributed by atoms with E-state index in [9.17, 15) is 14.7 Å². The number of anilines is 1. The molecule has 0 bridgehead atoms. The van der Waals surface area contributed by atoms with Gasteiger partial charge in [0.1, 0.15) is 17.2 Å². The van der Waals surface area contributed by atoms with Gasteiger partial charge in [-0.1, -0.05) is 35.3 Å². The SMILES string of the molecule is O=C(Nc1cncc(-c2ccc(Cl)cc2)n1)c1ccc(Oc2cc3c(cc2Cl)C(C(=O)O)CCO3)cc1. The van der Waals surface area contributed by atoms with Gasteiger partial charge in [0.15, 0.2) is 5.82 Å². The first kappa shape index (κ1) is 24.5. The summed E-state index contributed by atoms with van der Waals surface area (Å²) in [6, 6.07) is 16.8. The van der Waals surface area contributed by atoms with Gasteiger partial charge in [0, 0.05) is 27.8 Å². The minimum atomic E-state index is -0.925. The van der Waals surface area contributed by atoms with Crippen molar-refractivity contribution in [1.82, 2.24) is 9.97 Å². The molecule has 37 heavy (non-hydrogen) atoms. The lowest BCUT2D eigenvalue weighted by Gasteiger charge is -2.24. The van der Waals surface area contributed by atoms with Gasteiger partial charge in [-0.2, -0.15) is 0 Å². The van der Waals surface area contributed by atoms with Gasteiger partial charge < -0.3 is 19.9 Å². The number of halogens is 2. The molecule has 10 heteroatoms. The number of rotatable bonds is 6. The molecule has 1 aliphatic rings. The summed E-state index contributed by atoms with van der Waals surface area (Å²) in [6.07, 6.45) is 3.44. The summed E-state index contributed by atoms with van der Waals surface area (Å²) in [5, 5.41) is 13.1. The largest absolute Gasteiger partial charge is 0.493 e. The zero-order valence-corrected chi connectivity index (χ0v) is 20.7. The van der Waals surface area contributed by atoms with E-state index < -0.39 is 11.9 Å². The number of aromatic nitrogens is 2. The molecule has 1 aromatic heterocycles. The number of fused-ring (bicyclic) bond motifs is 1. The minimum Gasteiger partial charge on any atom is -0.493 e. The zero-order valence-electron chi connectivity index (χ0n) is 19.2. The smallest absolute Gasteiger partial charge is 0.311 e. The molecule has 1 aliphatic heterocycles. The predicted molar refractivity (Wildman–Crippen MR) is 139 cm³/mol. The van der Waals surface area contributed by atoms with Crippen molar-refractivity contribution in [2.24, 2.45) is 0 Å². The fourth-order valence-corrected chi connectivity index (χ4v) is 4.24. The van der Waals surface area contributed by atoms with Crippen LogP contribution in [0.1, 0.15) is 28.3 Å². The van der Waals surface area contributed by atoms with E-state index in [-0.39, 0.29) is 10.9 Å². The minimum absolute atomic E-state index is 0.261. The summed E-state index contributed by atoms with van der Waals surface area (Å²) in [5.74, 6) is -0.481. The van der Waals surface area contributed by atoms with E-state index >= 15 is 0 Å². The number of nitrogens with zero attached hydrogens (tertiary/aromatic N) is 2. The maximum Gasteiger partial charge on any atom is 0.311 e. The Morgan fingerprint density at radius 3 is 2.51 bits per heavy atom. The van der Waals surface area contributed by atoms with Crippen molar-refractivity contribution in [2.45, 2.75) is 12.3 Å². The number of carboxylic acids is 1. The third-order valence-electron chi connectivity index (χ3n) is 5.76. The fourth-order valence-electron chi connectivity index (χ4n) is 3.90. The van der Waals surface area contributed by atoms with Crippen LogP contribution in [0.5, 0.6) is 17.2 Å². The Balaban J connectivity index is 1.28. The van der Waals surface area contributed by atoms with Crippen LogP contribution < -0.4 is 14.8 Å². The van der Waals surface area contributed by atoms with Crippen LogP contribution >= 0.6 is 23.2 Å². The van der Waals surface area contributed by atoms with Crippen LogP contribution in [0.25, 0.3) is 11.3 Å². The Hall–Kier alpha value is -4.14. The van der Waals surface area contributed by atoms with Crippen LogP contribution in [0.3, 0.4) is 0 Å². The predicted octanol–water partition coefficient (Wildman–Crippen LogP) is 6.45. The highest BCUT2D eigenvalue weighted by Gasteiger charge is 2.29. The molecule has 5 rings (SSSR count). The van der Waals surface area contributed by atoms with Crippen LogP contribution in [0.2, 0.25) is 10.0 Å². The first-order chi connectivity index (χ1) is 17.9. The zero-order chi connectivity index (χ0) is 25.9. The van der Waals surface area contributed by atoms with Crippen molar-refractivity contribution >= 4 is 40.9 Å². The lowest BCUT2D eigenvalue weighted by molar-refractivity contribution is -0.139. The van der Waals surface area contributed by atoms with E-state index in [2.05, 4.69) is 15.3 Å². The highest BCUT2D eigenvalue weighted by Crippen LogP contribution is 2.41. The number of ether oxygens (including phenoxy) is 2. The highest BCUT2D eigenvalue weighted by molar-refractivity contribution is 6.32. The molecule has 8 nitrogen and oxygen atoms in total. The summed E-state index contributed by atoms with van der Waals surface area (Å²) >= 11 is 12.3. The third-order valence-corrected chi connectivity index (χ3v) is 6.31. The molecule has 2 heterocycles. The first-order valence-electron chi connectivity index (χ1n) is 11.2. The van der Waals surface area contributed by atoms with Crippen molar-refractivity contribution < 1.29 is 24.2 Å². The maximum atomic E-state index is 12.8. The van der Waals surface area contributed by atoms with Crippen LogP contribution in [-0.2, 0) is 4.79 Å². The third kappa shape index (κ3) is 5.50. The lowest BCUT2D eigenvalue weighted by Crippen LogP contribution is -2.20.